The van der Waals surface area contributed by atoms with Crippen LogP contribution in [0.3, 0.4) is 0 Å². The zero-order valence-electron chi connectivity index (χ0n) is 11.7. The largest absolute Gasteiger partial charge is 0.370 e. The van der Waals surface area contributed by atoms with Crippen LogP contribution < -0.4 is 5.56 Å². The lowest BCUT2D eigenvalue weighted by Crippen LogP contribution is -2.22. The first-order valence-electron chi connectivity index (χ1n) is 6.93. The maximum absolute atomic E-state index is 12.0. The molecule has 0 spiro atoms. The summed E-state index contributed by atoms with van der Waals surface area (Å²) in [6.07, 6.45) is 3.12. The highest BCUT2D eigenvalue weighted by Crippen LogP contribution is 2.42. The average molecular weight is 376 g/mol. The fraction of sp³-hybridized carbons (Fsp3) is 0.714. The molecule has 0 aromatic carbocycles. The Kier molecular flexibility index (Phi) is 5.00. The first kappa shape index (κ1) is 15.0. The zero-order valence-corrected chi connectivity index (χ0v) is 13.9. The number of ether oxygens (including phenoxy) is 1. The van der Waals surface area contributed by atoms with Gasteiger partial charge in [-0.2, -0.15) is 0 Å². The molecule has 1 aromatic heterocycles. The van der Waals surface area contributed by atoms with Crippen LogP contribution in [-0.2, 0) is 11.2 Å². The van der Waals surface area contributed by atoms with E-state index in [1.54, 1.807) is 0 Å². The van der Waals surface area contributed by atoms with Crippen LogP contribution in [0.1, 0.15) is 51.2 Å². The molecule has 1 atom stereocenters. The summed E-state index contributed by atoms with van der Waals surface area (Å²) in [6.45, 7) is 6.91. The first-order chi connectivity index (χ1) is 9.02. The van der Waals surface area contributed by atoms with Gasteiger partial charge in [-0.3, -0.25) is 4.79 Å². The van der Waals surface area contributed by atoms with Crippen molar-refractivity contribution < 1.29 is 4.74 Å². The van der Waals surface area contributed by atoms with Gasteiger partial charge in [0, 0.05) is 6.61 Å². The lowest BCUT2D eigenvalue weighted by molar-refractivity contribution is 0.0396. The third-order valence-corrected chi connectivity index (χ3v) is 4.33. The maximum Gasteiger partial charge on any atom is 0.264 e. The van der Waals surface area contributed by atoms with Crippen molar-refractivity contribution in [2.45, 2.75) is 46.1 Å². The highest BCUT2D eigenvalue weighted by atomic mass is 127. The number of rotatable bonds is 6. The van der Waals surface area contributed by atoms with Crippen molar-refractivity contribution in [2.75, 3.05) is 6.61 Å². The highest BCUT2D eigenvalue weighted by Gasteiger charge is 2.35. The molecule has 1 saturated carbocycles. The number of aromatic nitrogens is 2. The van der Waals surface area contributed by atoms with Crippen LogP contribution in [0.4, 0.5) is 0 Å². The second-order valence-electron chi connectivity index (χ2n) is 5.52. The van der Waals surface area contributed by atoms with E-state index < -0.39 is 0 Å². The van der Waals surface area contributed by atoms with Gasteiger partial charge in [0.05, 0.1) is 9.26 Å². The molecule has 0 aliphatic heterocycles. The second kappa shape index (κ2) is 6.35. The van der Waals surface area contributed by atoms with Crippen LogP contribution in [0.5, 0.6) is 0 Å². The number of hydrogen-bond acceptors (Lipinski definition) is 3. The van der Waals surface area contributed by atoms with Gasteiger partial charge in [-0.1, -0.05) is 13.8 Å². The molecule has 0 bridgehead atoms. The Balaban J connectivity index is 2.34. The van der Waals surface area contributed by atoms with E-state index >= 15 is 0 Å². The molecule has 106 valence electrons. The Hall–Kier alpha value is -0.430. The second-order valence-corrected chi connectivity index (χ2v) is 6.60. The van der Waals surface area contributed by atoms with E-state index in [0.29, 0.717) is 27.8 Å². The molecule has 1 aliphatic rings. The zero-order chi connectivity index (χ0) is 14.0. The highest BCUT2D eigenvalue weighted by molar-refractivity contribution is 14.1. The van der Waals surface area contributed by atoms with Crippen molar-refractivity contribution in [3.8, 4) is 0 Å². The Morgan fingerprint density at radius 3 is 2.68 bits per heavy atom. The van der Waals surface area contributed by atoms with Crippen molar-refractivity contribution in [3.63, 3.8) is 0 Å². The average Bonchev–Trinajstić information content (AvgIpc) is 3.15. The summed E-state index contributed by atoms with van der Waals surface area (Å²) >= 11 is 2.09. The fourth-order valence-electron chi connectivity index (χ4n) is 2.20. The molecule has 19 heavy (non-hydrogen) atoms. The number of aromatic amines is 1. The minimum absolute atomic E-state index is 0.0356. The molecule has 1 fully saturated rings. The van der Waals surface area contributed by atoms with Crippen LogP contribution in [0.2, 0.25) is 0 Å². The fourth-order valence-corrected chi connectivity index (χ4v) is 2.67. The van der Waals surface area contributed by atoms with E-state index in [1.807, 2.05) is 6.92 Å². The molecule has 1 N–H and O–H groups in total. The molecular weight excluding hydrogens is 355 g/mol. The molecule has 5 heteroatoms. The summed E-state index contributed by atoms with van der Waals surface area (Å²) in [7, 11) is 0. The molecule has 0 radical (unpaired) electrons. The predicted octanol–water partition coefficient (Wildman–Crippen LogP) is 3.06. The van der Waals surface area contributed by atoms with E-state index in [9.17, 15) is 4.79 Å². The van der Waals surface area contributed by atoms with Gasteiger partial charge in [0.1, 0.15) is 11.9 Å². The Morgan fingerprint density at radius 1 is 1.47 bits per heavy atom. The first-order valence-corrected chi connectivity index (χ1v) is 8.01. The lowest BCUT2D eigenvalue weighted by atomic mass is 10.1. The topological polar surface area (TPSA) is 55.0 Å². The van der Waals surface area contributed by atoms with E-state index in [2.05, 4.69) is 46.4 Å². The molecule has 1 heterocycles. The van der Waals surface area contributed by atoms with Crippen molar-refractivity contribution >= 4 is 22.6 Å². The lowest BCUT2D eigenvalue weighted by Gasteiger charge is -2.17. The number of hydrogen-bond donors (Lipinski definition) is 1. The summed E-state index contributed by atoms with van der Waals surface area (Å²) in [6, 6.07) is 0. The molecule has 1 unspecified atom stereocenters. The number of nitrogens with zero attached hydrogens (tertiary/aromatic N) is 1. The van der Waals surface area contributed by atoms with Crippen molar-refractivity contribution in [1.29, 1.82) is 0 Å². The van der Waals surface area contributed by atoms with Gasteiger partial charge in [-0.25, -0.2) is 4.98 Å². The summed E-state index contributed by atoms with van der Waals surface area (Å²) in [5.74, 6) is 1.72. The molecule has 2 rings (SSSR count). The van der Waals surface area contributed by atoms with Crippen LogP contribution in [0, 0.1) is 15.4 Å². The SMILES string of the molecule is CCOC(c1nc(CC(C)C)c(I)c(=O)[nH]1)C1CC1. The van der Waals surface area contributed by atoms with Crippen molar-refractivity contribution in [1.82, 2.24) is 9.97 Å². The Labute approximate surface area is 127 Å². The summed E-state index contributed by atoms with van der Waals surface area (Å²) in [4.78, 5) is 19.6. The van der Waals surface area contributed by atoms with Crippen LogP contribution >= 0.6 is 22.6 Å². The van der Waals surface area contributed by atoms with Gasteiger partial charge in [0.15, 0.2) is 0 Å². The standard InChI is InChI=1S/C14H21IN2O2/c1-4-19-12(9-5-6-9)13-16-10(7-8(2)3)11(15)14(18)17-13/h8-9,12H,4-7H2,1-3H3,(H,16,17,18). The third kappa shape index (κ3) is 3.78. The normalized spacial score (nSPS) is 16.9. The van der Waals surface area contributed by atoms with E-state index in [0.717, 1.165) is 12.1 Å². The molecule has 4 nitrogen and oxygen atoms in total. The van der Waals surface area contributed by atoms with Gasteiger partial charge in [0.25, 0.3) is 5.56 Å². The smallest absolute Gasteiger partial charge is 0.264 e. The van der Waals surface area contributed by atoms with Crippen LogP contribution in [0.15, 0.2) is 4.79 Å². The molecule has 0 saturated heterocycles. The van der Waals surface area contributed by atoms with E-state index in [1.165, 1.54) is 12.8 Å². The Morgan fingerprint density at radius 2 is 2.16 bits per heavy atom. The Bertz CT molecular complexity index is 495. The van der Waals surface area contributed by atoms with E-state index in [-0.39, 0.29) is 11.7 Å². The van der Waals surface area contributed by atoms with Gasteiger partial charge >= 0.3 is 0 Å². The number of halogens is 1. The number of H-pyrrole nitrogens is 1. The molecule has 1 aliphatic carbocycles. The summed E-state index contributed by atoms with van der Waals surface area (Å²) in [5.41, 5.74) is 0.867. The van der Waals surface area contributed by atoms with Gasteiger partial charge < -0.3 is 9.72 Å². The van der Waals surface area contributed by atoms with Crippen LogP contribution in [0.25, 0.3) is 0 Å². The minimum Gasteiger partial charge on any atom is -0.370 e. The molecular formula is C14H21IN2O2. The summed E-state index contributed by atoms with van der Waals surface area (Å²) in [5, 5.41) is 0. The summed E-state index contributed by atoms with van der Waals surface area (Å²) < 4.78 is 6.48. The quantitative estimate of drug-likeness (QED) is 0.777. The minimum atomic E-state index is -0.0411. The maximum atomic E-state index is 12.0. The van der Waals surface area contributed by atoms with Gasteiger partial charge in [-0.05, 0) is 60.6 Å². The monoisotopic (exact) mass is 376 g/mol. The van der Waals surface area contributed by atoms with Crippen LogP contribution in [-0.4, -0.2) is 16.6 Å². The predicted molar refractivity (Wildman–Crippen MR) is 83.2 cm³/mol. The van der Waals surface area contributed by atoms with E-state index in [4.69, 9.17) is 4.74 Å². The van der Waals surface area contributed by atoms with Gasteiger partial charge in [-0.15, -0.1) is 0 Å². The van der Waals surface area contributed by atoms with Gasteiger partial charge in [0.2, 0.25) is 0 Å². The molecule has 1 aromatic rings. The molecule has 0 amide bonds. The van der Waals surface area contributed by atoms with Crippen molar-refractivity contribution in [3.05, 3.63) is 25.4 Å². The third-order valence-electron chi connectivity index (χ3n) is 3.22. The number of nitrogens with one attached hydrogen (secondary N) is 1. The van der Waals surface area contributed by atoms with Crippen molar-refractivity contribution in [2.24, 2.45) is 11.8 Å².